The maximum absolute atomic E-state index is 12.7. The Morgan fingerprint density at radius 1 is 1.16 bits per heavy atom. The lowest BCUT2D eigenvalue weighted by Crippen LogP contribution is -2.47. The summed E-state index contributed by atoms with van der Waals surface area (Å²) in [4.78, 5) is 41.6. The Hall–Kier alpha value is -3.62. The van der Waals surface area contributed by atoms with Crippen LogP contribution in [0.3, 0.4) is 0 Å². The van der Waals surface area contributed by atoms with Crippen LogP contribution >= 0.6 is 0 Å². The zero-order valence-corrected chi connectivity index (χ0v) is 17.3. The third-order valence-electron chi connectivity index (χ3n) is 4.82. The molecule has 1 atom stereocenters. The van der Waals surface area contributed by atoms with Gasteiger partial charge in [0.1, 0.15) is 29.8 Å². The number of pyridine rings is 1. The molecular weight excluding hydrogens is 400 g/mol. The number of carbonyl (C=O) groups excluding carboxylic acids is 3. The van der Waals surface area contributed by atoms with Crippen LogP contribution in [0.5, 0.6) is 11.5 Å². The number of carbonyl (C=O) groups is 3. The number of fused-ring (bicyclic) bond motifs is 1. The van der Waals surface area contributed by atoms with E-state index < -0.39 is 11.9 Å². The van der Waals surface area contributed by atoms with Crippen LogP contribution in [0.4, 0.5) is 0 Å². The molecule has 1 aliphatic heterocycles. The molecule has 0 radical (unpaired) electrons. The van der Waals surface area contributed by atoms with Gasteiger partial charge in [-0.05, 0) is 43.5 Å². The summed E-state index contributed by atoms with van der Waals surface area (Å²) in [7, 11) is 1.53. The van der Waals surface area contributed by atoms with Crippen LogP contribution in [0, 0.1) is 0 Å². The molecule has 0 saturated carbocycles. The van der Waals surface area contributed by atoms with Crippen LogP contribution in [0.2, 0.25) is 0 Å². The number of rotatable bonds is 3. The van der Waals surface area contributed by atoms with E-state index in [2.05, 4.69) is 20.9 Å². The molecule has 0 bridgehead atoms. The summed E-state index contributed by atoms with van der Waals surface area (Å²) < 4.78 is 10.9. The highest BCUT2D eigenvalue weighted by Crippen LogP contribution is 2.25. The monoisotopic (exact) mass is 426 g/mol. The van der Waals surface area contributed by atoms with Crippen LogP contribution < -0.4 is 25.4 Å². The van der Waals surface area contributed by atoms with Crippen molar-refractivity contribution in [2.45, 2.75) is 25.3 Å². The highest BCUT2D eigenvalue weighted by atomic mass is 16.5. The molecule has 2 aromatic rings. The van der Waals surface area contributed by atoms with Crippen LogP contribution in [0.25, 0.3) is 0 Å². The summed E-state index contributed by atoms with van der Waals surface area (Å²) in [5.41, 5.74) is 0.653. The summed E-state index contributed by atoms with van der Waals surface area (Å²) in [5, 5.41) is 8.39. The minimum absolute atomic E-state index is 0.153. The molecule has 1 aromatic heterocycles. The summed E-state index contributed by atoms with van der Waals surface area (Å²) in [6, 6.07) is 9.29. The molecule has 31 heavy (non-hydrogen) atoms. The fourth-order valence-electron chi connectivity index (χ4n) is 3.16. The number of hydrogen-bond donors (Lipinski definition) is 3. The fraction of sp³-hybridized carbons (Fsp3) is 0.364. The second kappa shape index (κ2) is 11.0. The first-order chi connectivity index (χ1) is 15.1. The lowest BCUT2D eigenvalue weighted by Gasteiger charge is -2.19. The van der Waals surface area contributed by atoms with Gasteiger partial charge >= 0.3 is 0 Å². The van der Waals surface area contributed by atoms with Gasteiger partial charge in [-0.2, -0.15) is 0 Å². The van der Waals surface area contributed by atoms with Gasteiger partial charge in [0.05, 0.1) is 19.2 Å². The zero-order valence-electron chi connectivity index (χ0n) is 17.3. The molecule has 3 rings (SSSR count). The Bertz CT molecular complexity index is 919. The second-order valence-electron chi connectivity index (χ2n) is 6.99. The molecule has 0 aliphatic carbocycles. The van der Waals surface area contributed by atoms with E-state index in [9.17, 15) is 14.4 Å². The minimum Gasteiger partial charge on any atom is -0.497 e. The Kier molecular flexibility index (Phi) is 7.80. The van der Waals surface area contributed by atoms with Crippen molar-refractivity contribution in [1.82, 2.24) is 20.9 Å². The number of hydrogen-bond acceptors (Lipinski definition) is 6. The van der Waals surface area contributed by atoms with Gasteiger partial charge in [0.2, 0.25) is 5.91 Å². The van der Waals surface area contributed by atoms with Crippen LogP contribution in [0.1, 0.15) is 40.1 Å². The van der Waals surface area contributed by atoms with E-state index in [4.69, 9.17) is 9.47 Å². The van der Waals surface area contributed by atoms with Gasteiger partial charge < -0.3 is 25.4 Å². The van der Waals surface area contributed by atoms with Crippen molar-refractivity contribution >= 4 is 17.7 Å². The van der Waals surface area contributed by atoms with E-state index in [1.165, 1.54) is 13.3 Å². The molecule has 0 unspecified atom stereocenters. The lowest BCUT2D eigenvalue weighted by atomic mass is 10.1. The molecular formula is C22H26N4O5. The molecule has 9 nitrogen and oxygen atoms in total. The van der Waals surface area contributed by atoms with Gasteiger partial charge in [0.15, 0.2) is 0 Å². The summed E-state index contributed by atoms with van der Waals surface area (Å²) in [6.45, 7) is 0.806. The maximum Gasteiger partial charge on any atom is 0.270 e. The van der Waals surface area contributed by atoms with Crippen molar-refractivity contribution in [3.05, 3.63) is 53.9 Å². The SMILES string of the molecule is COc1ccc2c(c1)OCCNC(=O)[C@@H](NC(=O)c1ccccn1)CCCCNC2=O. The Labute approximate surface area is 180 Å². The van der Waals surface area contributed by atoms with E-state index in [0.717, 1.165) is 0 Å². The first-order valence-corrected chi connectivity index (χ1v) is 10.2. The quantitative estimate of drug-likeness (QED) is 0.681. The first-order valence-electron chi connectivity index (χ1n) is 10.2. The van der Waals surface area contributed by atoms with Crippen LogP contribution in [-0.2, 0) is 4.79 Å². The first kappa shape index (κ1) is 22.1. The Balaban J connectivity index is 1.68. The third kappa shape index (κ3) is 6.18. The molecule has 0 saturated heterocycles. The highest BCUT2D eigenvalue weighted by molar-refractivity contribution is 5.97. The largest absolute Gasteiger partial charge is 0.497 e. The predicted octanol–water partition coefficient (Wildman–Crippen LogP) is 1.30. The molecule has 1 aromatic carbocycles. The Morgan fingerprint density at radius 2 is 2.03 bits per heavy atom. The average Bonchev–Trinajstić information content (AvgIpc) is 2.80. The van der Waals surface area contributed by atoms with Gasteiger partial charge in [0.25, 0.3) is 11.8 Å². The van der Waals surface area contributed by atoms with E-state index in [-0.39, 0.29) is 30.7 Å². The molecule has 1 aliphatic rings. The predicted molar refractivity (Wildman–Crippen MR) is 113 cm³/mol. The number of methoxy groups -OCH3 is 1. The topological polar surface area (TPSA) is 119 Å². The summed E-state index contributed by atoms with van der Waals surface area (Å²) in [6.07, 6.45) is 3.26. The number of nitrogens with zero attached hydrogens (tertiary/aromatic N) is 1. The van der Waals surface area contributed by atoms with Crippen molar-refractivity contribution in [3.8, 4) is 11.5 Å². The zero-order chi connectivity index (χ0) is 22.1. The molecule has 2 heterocycles. The van der Waals surface area contributed by atoms with E-state index in [0.29, 0.717) is 42.9 Å². The highest BCUT2D eigenvalue weighted by Gasteiger charge is 2.22. The number of nitrogens with one attached hydrogen (secondary N) is 3. The second-order valence-corrected chi connectivity index (χ2v) is 6.99. The molecule has 3 amide bonds. The van der Waals surface area contributed by atoms with Gasteiger partial charge in [-0.25, -0.2) is 0 Å². The molecule has 164 valence electrons. The van der Waals surface area contributed by atoms with Crippen molar-refractivity contribution in [2.24, 2.45) is 0 Å². The van der Waals surface area contributed by atoms with E-state index >= 15 is 0 Å². The fourth-order valence-corrected chi connectivity index (χ4v) is 3.16. The molecule has 0 spiro atoms. The molecule has 9 heteroatoms. The number of aromatic nitrogens is 1. The van der Waals surface area contributed by atoms with Crippen molar-refractivity contribution in [3.63, 3.8) is 0 Å². The average molecular weight is 426 g/mol. The van der Waals surface area contributed by atoms with Gasteiger partial charge in [0, 0.05) is 18.8 Å². The third-order valence-corrected chi connectivity index (χ3v) is 4.82. The summed E-state index contributed by atoms with van der Waals surface area (Å²) >= 11 is 0. The number of amides is 3. The van der Waals surface area contributed by atoms with Gasteiger partial charge in [-0.3, -0.25) is 19.4 Å². The van der Waals surface area contributed by atoms with Crippen LogP contribution in [0.15, 0.2) is 42.6 Å². The molecule has 3 N–H and O–H groups in total. The lowest BCUT2D eigenvalue weighted by molar-refractivity contribution is -0.123. The van der Waals surface area contributed by atoms with Crippen molar-refractivity contribution < 1.29 is 23.9 Å². The van der Waals surface area contributed by atoms with Gasteiger partial charge in [-0.15, -0.1) is 0 Å². The van der Waals surface area contributed by atoms with Gasteiger partial charge in [-0.1, -0.05) is 6.07 Å². The van der Waals surface area contributed by atoms with E-state index in [1.807, 2.05) is 0 Å². The maximum atomic E-state index is 12.7. The number of ether oxygens (including phenoxy) is 2. The summed E-state index contributed by atoms with van der Waals surface area (Å²) in [5.74, 6) is 0.00296. The van der Waals surface area contributed by atoms with E-state index in [1.54, 1.807) is 36.4 Å². The smallest absolute Gasteiger partial charge is 0.270 e. The minimum atomic E-state index is -0.708. The van der Waals surface area contributed by atoms with Crippen molar-refractivity contribution in [2.75, 3.05) is 26.8 Å². The standard InChI is InChI=1S/C22H26N4O5/c1-30-15-8-9-16-19(14-15)31-13-12-25-21(28)18(7-3-5-11-24-20(16)27)26-22(29)17-6-2-4-10-23-17/h2,4,6,8-10,14,18H,3,5,7,11-13H2,1H3,(H,24,27)(H,25,28)(H,26,29)/t18-/m0/s1. The van der Waals surface area contributed by atoms with Crippen molar-refractivity contribution in [1.29, 1.82) is 0 Å². The molecule has 0 fully saturated rings. The van der Waals surface area contributed by atoms with Crippen LogP contribution in [-0.4, -0.2) is 55.6 Å². The number of benzene rings is 1. The Morgan fingerprint density at radius 3 is 2.81 bits per heavy atom. The normalized spacial score (nSPS) is 17.8.